The molecule has 0 saturated carbocycles. The maximum atomic E-state index is 5.80. The van der Waals surface area contributed by atoms with Crippen molar-refractivity contribution < 1.29 is 33.2 Å². The first-order valence-electron chi connectivity index (χ1n) is 10.3. The molecule has 0 aliphatic rings. The summed E-state index contributed by atoms with van der Waals surface area (Å²) in [4.78, 5) is 0. The molecule has 0 radical (unpaired) electrons. The molecule has 0 aromatic heterocycles. The minimum atomic E-state index is -0.0320. The van der Waals surface area contributed by atoms with Crippen molar-refractivity contribution in [3.05, 3.63) is 6.92 Å². The Hall–Kier alpha value is -0.280. The van der Waals surface area contributed by atoms with E-state index in [1.807, 2.05) is 41.5 Å². The van der Waals surface area contributed by atoms with Crippen molar-refractivity contribution in [3.63, 3.8) is 0 Å². The van der Waals surface area contributed by atoms with Gasteiger partial charge in [-0.3, -0.25) is 0 Å². The van der Waals surface area contributed by atoms with Gasteiger partial charge in [-0.25, -0.2) is 0 Å². The summed E-state index contributed by atoms with van der Waals surface area (Å²) in [5, 5.41) is 0. The van der Waals surface area contributed by atoms with Crippen LogP contribution in [0.4, 0.5) is 0 Å². The average molecular weight is 408 g/mol. The van der Waals surface area contributed by atoms with Crippen molar-refractivity contribution in [2.24, 2.45) is 0 Å². The van der Waals surface area contributed by atoms with E-state index in [2.05, 4.69) is 6.92 Å². The number of rotatable bonds is 19. The molecule has 0 aromatic carbocycles. The summed E-state index contributed by atoms with van der Waals surface area (Å²) in [7, 11) is 1.66. The molecule has 0 amide bonds. The van der Waals surface area contributed by atoms with Gasteiger partial charge in [0.1, 0.15) is 0 Å². The molecule has 170 valence electrons. The molecular formula is C21H43O7-. The lowest BCUT2D eigenvalue weighted by molar-refractivity contribution is -0.101. The zero-order valence-corrected chi connectivity index (χ0v) is 19.0. The Kier molecular flexibility index (Phi) is 17.4. The van der Waals surface area contributed by atoms with Gasteiger partial charge >= 0.3 is 0 Å². The Bertz CT molecular complexity index is 341. The predicted octanol–water partition coefficient (Wildman–Crippen LogP) is 2.90. The predicted molar refractivity (Wildman–Crippen MR) is 110 cm³/mol. The van der Waals surface area contributed by atoms with Crippen molar-refractivity contribution in [2.45, 2.75) is 78.2 Å². The fourth-order valence-corrected chi connectivity index (χ4v) is 2.07. The van der Waals surface area contributed by atoms with E-state index in [1.165, 1.54) is 0 Å². The van der Waals surface area contributed by atoms with E-state index in [4.69, 9.17) is 33.2 Å². The van der Waals surface area contributed by atoms with Crippen LogP contribution in [0.25, 0.3) is 0 Å². The first-order chi connectivity index (χ1) is 13.2. The third-order valence-electron chi connectivity index (χ3n) is 3.77. The van der Waals surface area contributed by atoms with Crippen LogP contribution >= 0.6 is 0 Å². The number of methoxy groups -OCH3 is 1. The molecule has 0 bridgehead atoms. The molecule has 7 nitrogen and oxygen atoms in total. The number of ether oxygens (including phenoxy) is 7. The van der Waals surface area contributed by atoms with Crippen LogP contribution in [0.5, 0.6) is 0 Å². The first-order valence-corrected chi connectivity index (χ1v) is 10.3. The largest absolute Gasteiger partial charge is 0.408 e. The Morgan fingerprint density at radius 1 is 0.500 bits per heavy atom. The normalized spacial score (nSPS) is 18.4. The fourth-order valence-electron chi connectivity index (χ4n) is 2.07. The smallest absolute Gasteiger partial charge is 0.0781 e. The van der Waals surface area contributed by atoms with E-state index in [-0.39, 0.29) is 36.6 Å². The van der Waals surface area contributed by atoms with Crippen molar-refractivity contribution in [3.8, 4) is 0 Å². The van der Waals surface area contributed by atoms with E-state index < -0.39 is 0 Å². The summed E-state index contributed by atoms with van der Waals surface area (Å²) in [6, 6.07) is 0. The summed E-state index contributed by atoms with van der Waals surface area (Å²) < 4.78 is 39.0. The Balaban J connectivity index is 3.72. The fraction of sp³-hybridized carbons (Fsp3) is 0.952. The third-order valence-corrected chi connectivity index (χ3v) is 3.77. The molecule has 0 unspecified atom stereocenters. The maximum Gasteiger partial charge on any atom is 0.0781 e. The Morgan fingerprint density at radius 3 is 1.14 bits per heavy atom. The van der Waals surface area contributed by atoms with Gasteiger partial charge in [-0.1, -0.05) is 13.0 Å². The average Bonchev–Trinajstić information content (AvgIpc) is 2.65. The molecule has 0 aliphatic carbocycles. The third kappa shape index (κ3) is 17.8. The molecule has 0 aliphatic heterocycles. The summed E-state index contributed by atoms with van der Waals surface area (Å²) in [5.74, 6) is 0. The summed E-state index contributed by atoms with van der Waals surface area (Å²) in [6.07, 6.45) is -0.0175. The van der Waals surface area contributed by atoms with Gasteiger partial charge in [0.25, 0.3) is 0 Å². The van der Waals surface area contributed by atoms with Crippen LogP contribution in [0, 0.1) is 6.92 Å². The topological polar surface area (TPSA) is 64.6 Å². The quantitative estimate of drug-likeness (QED) is 0.241. The zero-order valence-electron chi connectivity index (χ0n) is 19.0. The van der Waals surface area contributed by atoms with E-state index in [1.54, 1.807) is 7.11 Å². The minimum Gasteiger partial charge on any atom is -0.408 e. The maximum absolute atomic E-state index is 5.80. The second-order valence-corrected chi connectivity index (χ2v) is 7.39. The molecular weight excluding hydrogens is 364 g/mol. The molecule has 0 aromatic rings. The van der Waals surface area contributed by atoms with Crippen LogP contribution in [0.3, 0.4) is 0 Å². The van der Waals surface area contributed by atoms with Crippen molar-refractivity contribution in [1.82, 2.24) is 0 Å². The Labute approximate surface area is 172 Å². The van der Waals surface area contributed by atoms with Gasteiger partial charge in [0.2, 0.25) is 0 Å². The molecule has 7 heteroatoms. The van der Waals surface area contributed by atoms with E-state index in [0.717, 1.165) is 0 Å². The lowest BCUT2D eigenvalue weighted by Crippen LogP contribution is -2.29. The monoisotopic (exact) mass is 407 g/mol. The molecule has 28 heavy (non-hydrogen) atoms. The van der Waals surface area contributed by atoms with Crippen LogP contribution in [0.2, 0.25) is 0 Å². The molecule has 0 rings (SSSR count). The van der Waals surface area contributed by atoms with Gasteiger partial charge < -0.3 is 40.1 Å². The number of hydrogen-bond donors (Lipinski definition) is 0. The lowest BCUT2D eigenvalue weighted by atomic mass is 10.3. The van der Waals surface area contributed by atoms with Crippen LogP contribution in [0.1, 0.15) is 41.5 Å². The van der Waals surface area contributed by atoms with Crippen molar-refractivity contribution >= 4 is 0 Å². The van der Waals surface area contributed by atoms with Crippen LogP contribution in [-0.4, -0.2) is 90.0 Å². The van der Waals surface area contributed by atoms with E-state index >= 15 is 0 Å². The summed E-state index contributed by atoms with van der Waals surface area (Å²) in [5.41, 5.74) is 0. The second kappa shape index (κ2) is 17.6. The van der Waals surface area contributed by atoms with Crippen LogP contribution < -0.4 is 0 Å². The van der Waals surface area contributed by atoms with Gasteiger partial charge in [-0.2, -0.15) is 0 Å². The summed E-state index contributed by atoms with van der Waals surface area (Å²) >= 11 is 0. The molecule has 0 N–H and O–H groups in total. The molecule has 0 spiro atoms. The highest BCUT2D eigenvalue weighted by Crippen LogP contribution is 2.04. The van der Waals surface area contributed by atoms with E-state index in [9.17, 15) is 0 Å². The SMILES string of the molecule is [CH2-][C@H](C)OC[C@H](C)OC[C@@H](C)OC[C@@H](C)OC[C@H](C)OC[C@H](C)OCCOC. The molecule has 0 heterocycles. The van der Waals surface area contributed by atoms with Crippen LogP contribution in [-0.2, 0) is 33.2 Å². The standard InChI is InChI=1S/C21H43O7/c1-16(2)24-11-18(4)26-13-20(6)28-15-21(7)27-14-19(5)25-12-17(3)23-10-9-22-8/h16-21H,1,9-15H2,2-8H3/q-1/t16-,17+,18+,19+,20-,21-/m1/s1. The molecule has 6 atom stereocenters. The lowest BCUT2D eigenvalue weighted by Gasteiger charge is -2.22. The van der Waals surface area contributed by atoms with Gasteiger partial charge in [0.05, 0.1) is 76.8 Å². The van der Waals surface area contributed by atoms with Crippen LogP contribution in [0.15, 0.2) is 0 Å². The Morgan fingerprint density at radius 2 is 0.821 bits per heavy atom. The first kappa shape index (κ1) is 27.7. The van der Waals surface area contributed by atoms with Gasteiger partial charge in [0.15, 0.2) is 0 Å². The summed E-state index contributed by atoms with van der Waals surface area (Å²) in [6.45, 7) is 19.4. The minimum absolute atomic E-state index is 0.00650. The van der Waals surface area contributed by atoms with Gasteiger partial charge in [-0.15, -0.1) is 0 Å². The van der Waals surface area contributed by atoms with Gasteiger partial charge in [0, 0.05) is 7.11 Å². The zero-order chi connectivity index (χ0) is 21.4. The van der Waals surface area contributed by atoms with Gasteiger partial charge in [-0.05, 0) is 34.6 Å². The van der Waals surface area contributed by atoms with E-state index in [0.29, 0.717) is 46.2 Å². The molecule has 0 fully saturated rings. The molecule has 0 saturated heterocycles. The highest BCUT2D eigenvalue weighted by atomic mass is 16.6. The highest BCUT2D eigenvalue weighted by molar-refractivity contribution is 4.58. The number of hydrogen-bond acceptors (Lipinski definition) is 7. The van der Waals surface area contributed by atoms with Crippen molar-refractivity contribution in [1.29, 1.82) is 0 Å². The highest BCUT2D eigenvalue weighted by Gasteiger charge is 2.12. The second-order valence-electron chi connectivity index (χ2n) is 7.39. The van der Waals surface area contributed by atoms with Crippen molar-refractivity contribution in [2.75, 3.05) is 53.4 Å².